The van der Waals surface area contributed by atoms with E-state index < -0.39 is 34.9 Å². The molecule has 1 saturated heterocycles. The lowest BCUT2D eigenvalue weighted by Crippen LogP contribution is -2.49. The Hall–Kier alpha value is -3.59. The fourth-order valence-electron chi connectivity index (χ4n) is 4.85. The number of benzene rings is 2. The smallest absolute Gasteiger partial charge is 0.247 e. The molecule has 2 heterocycles. The molecule has 0 radical (unpaired) electrons. The number of aromatic nitrogens is 2. The first-order valence-electron chi connectivity index (χ1n) is 12.5. The van der Waals surface area contributed by atoms with Crippen LogP contribution in [-0.4, -0.2) is 41.3 Å². The maximum absolute atomic E-state index is 13.8. The van der Waals surface area contributed by atoms with Crippen LogP contribution >= 0.6 is 0 Å². The molecule has 3 N–H and O–H groups in total. The Morgan fingerprint density at radius 3 is 2.38 bits per heavy atom. The van der Waals surface area contributed by atoms with Crippen molar-refractivity contribution in [3.05, 3.63) is 83.1 Å². The van der Waals surface area contributed by atoms with Gasteiger partial charge in [-0.05, 0) is 56.4 Å². The predicted molar refractivity (Wildman–Crippen MR) is 136 cm³/mol. The Balaban J connectivity index is 1.47. The predicted octanol–water partition coefficient (Wildman–Crippen LogP) is 4.60. The standard InChI is InChI=1S/C28H32F2N4O3/c1-4-27(3,20-14-21(29)16-22(30)15-20)26(36)31-18(2)25(35)32-24-17-23(33-34-24)28(10-12-37-13-11-28)19-8-6-5-7-9-19/h5-9,14-18H,4,10-13H2,1-3H3,(H,31,36)(H2,32,33,34,35)/t18-,27+/m0/s1. The van der Waals surface area contributed by atoms with Gasteiger partial charge in [0.15, 0.2) is 5.82 Å². The van der Waals surface area contributed by atoms with E-state index in [4.69, 9.17) is 4.74 Å². The van der Waals surface area contributed by atoms with E-state index in [1.807, 2.05) is 24.3 Å². The van der Waals surface area contributed by atoms with Gasteiger partial charge in [-0.2, -0.15) is 5.10 Å². The number of hydrogen-bond donors (Lipinski definition) is 3. The minimum absolute atomic E-state index is 0.206. The molecule has 0 saturated carbocycles. The Bertz CT molecular complexity index is 1240. The Morgan fingerprint density at radius 2 is 1.76 bits per heavy atom. The van der Waals surface area contributed by atoms with Gasteiger partial charge in [0.2, 0.25) is 11.8 Å². The van der Waals surface area contributed by atoms with Gasteiger partial charge in [0.1, 0.15) is 17.7 Å². The van der Waals surface area contributed by atoms with Crippen LogP contribution in [-0.2, 0) is 25.2 Å². The van der Waals surface area contributed by atoms with E-state index in [-0.39, 0.29) is 17.4 Å². The van der Waals surface area contributed by atoms with Crippen LogP contribution in [0.15, 0.2) is 54.6 Å². The third-order valence-electron chi connectivity index (χ3n) is 7.47. The molecular formula is C28H32F2N4O3. The Kier molecular flexibility index (Phi) is 7.73. The van der Waals surface area contributed by atoms with Crippen molar-refractivity contribution in [3.8, 4) is 0 Å². The van der Waals surface area contributed by atoms with Crippen LogP contribution in [0.25, 0.3) is 0 Å². The molecule has 1 aliphatic heterocycles. The van der Waals surface area contributed by atoms with Gasteiger partial charge in [0.05, 0.1) is 5.41 Å². The summed E-state index contributed by atoms with van der Waals surface area (Å²) in [5.74, 6) is -2.15. The first kappa shape index (κ1) is 26.5. The number of ether oxygens (including phenoxy) is 1. The van der Waals surface area contributed by atoms with Crippen LogP contribution in [0.1, 0.15) is 56.9 Å². The number of nitrogens with zero attached hydrogens (tertiary/aromatic N) is 1. The van der Waals surface area contributed by atoms with Gasteiger partial charge < -0.3 is 15.4 Å². The van der Waals surface area contributed by atoms with E-state index in [1.54, 1.807) is 20.8 Å². The molecular weight excluding hydrogens is 478 g/mol. The van der Waals surface area contributed by atoms with Gasteiger partial charge >= 0.3 is 0 Å². The van der Waals surface area contributed by atoms with Crippen LogP contribution in [0, 0.1) is 11.6 Å². The van der Waals surface area contributed by atoms with Crippen LogP contribution in [0.2, 0.25) is 0 Å². The highest BCUT2D eigenvalue weighted by Gasteiger charge is 2.39. The summed E-state index contributed by atoms with van der Waals surface area (Å²) in [6.07, 6.45) is 1.83. The highest BCUT2D eigenvalue weighted by Crippen LogP contribution is 2.40. The summed E-state index contributed by atoms with van der Waals surface area (Å²) in [6.45, 7) is 6.12. The highest BCUT2D eigenvalue weighted by atomic mass is 19.1. The molecule has 0 unspecified atom stereocenters. The number of H-pyrrole nitrogens is 1. The molecule has 2 aromatic carbocycles. The molecule has 3 aromatic rings. The van der Waals surface area contributed by atoms with Crippen LogP contribution < -0.4 is 10.6 Å². The zero-order chi connectivity index (χ0) is 26.6. The van der Waals surface area contributed by atoms with Crippen molar-refractivity contribution in [1.29, 1.82) is 0 Å². The number of hydrogen-bond acceptors (Lipinski definition) is 4. The summed E-state index contributed by atoms with van der Waals surface area (Å²) >= 11 is 0. The van der Waals surface area contributed by atoms with Crippen molar-refractivity contribution in [3.63, 3.8) is 0 Å². The molecule has 7 nitrogen and oxygen atoms in total. The van der Waals surface area contributed by atoms with Gasteiger partial charge in [-0.1, -0.05) is 37.3 Å². The van der Waals surface area contributed by atoms with Crippen molar-refractivity contribution in [1.82, 2.24) is 15.5 Å². The van der Waals surface area contributed by atoms with Crippen molar-refractivity contribution < 1.29 is 23.1 Å². The summed E-state index contributed by atoms with van der Waals surface area (Å²) in [7, 11) is 0. The lowest BCUT2D eigenvalue weighted by Gasteiger charge is -2.36. The third-order valence-corrected chi connectivity index (χ3v) is 7.47. The molecule has 0 spiro atoms. The van der Waals surface area contributed by atoms with E-state index in [0.717, 1.165) is 42.3 Å². The number of carbonyl (C=O) groups is 2. The van der Waals surface area contributed by atoms with Crippen LogP contribution in [0.3, 0.4) is 0 Å². The van der Waals surface area contributed by atoms with Gasteiger partial charge in [-0.3, -0.25) is 14.7 Å². The maximum atomic E-state index is 13.8. The molecule has 1 aromatic heterocycles. The first-order chi connectivity index (χ1) is 17.7. The number of nitrogens with one attached hydrogen (secondary N) is 3. The number of anilines is 1. The molecule has 1 aliphatic rings. The van der Waals surface area contributed by atoms with Gasteiger partial charge in [-0.25, -0.2) is 8.78 Å². The summed E-state index contributed by atoms with van der Waals surface area (Å²) in [5, 5.41) is 12.8. The van der Waals surface area contributed by atoms with Crippen LogP contribution in [0.5, 0.6) is 0 Å². The normalized spacial score (nSPS) is 17.4. The number of halogens is 2. The molecule has 9 heteroatoms. The summed E-state index contributed by atoms with van der Waals surface area (Å²) in [4.78, 5) is 26.0. The molecule has 0 bridgehead atoms. The van der Waals surface area contributed by atoms with Crippen molar-refractivity contribution in [2.45, 2.75) is 56.9 Å². The Labute approximate surface area is 215 Å². The largest absolute Gasteiger partial charge is 0.381 e. The van der Waals surface area contributed by atoms with Crippen molar-refractivity contribution in [2.24, 2.45) is 0 Å². The van der Waals surface area contributed by atoms with Crippen molar-refractivity contribution >= 4 is 17.6 Å². The quantitative estimate of drug-likeness (QED) is 0.413. The van der Waals surface area contributed by atoms with E-state index in [9.17, 15) is 18.4 Å². The molecule has 2 atom stereocenters. The van der Waals surface area contributed by atoms with Gasteiger partial charge in [0, 0.05) is 36.5 Å². The molecule has 0 aliphatic carbocycles. The number of carbonyl (C=O) groups excluding carboxylic acids is 2. The average molecular weight is 511 g/mol. The minimum Gasteiger partial charge on any atom is -0.381 e. The second kappa shape index (κ2) is 10.8. The summed E-state index contributed by atoms with van der Waals surface area (Å²) in [5.41, 5.74) is 0.701. The van der Waals surface area contributed by atoms with E-state index in [2.05, 4.69) is 33.0 Å². The van der Waals surface area contributed by atoms with E-state index in [0.29, 0.717) is 19.0 Å². The maximum Gasteiger partial charge on any atom is 0.247 e. The fraction of sp³-hybridized carbons (Fsp3) is 0.393. The number of aromatic amines is 1. The second-order valence-corrected chi connectivity index (χ2v) is 9.76. The SMILES string of the molecule is CC[C@@](C)(C(=O)N[C@@H](C)C(=O)Nc1cc(C2(c3ccccc3)CCOCC2)[nH]n1)c1cc(F)cc(F)c1. The monoisotopic (exact) mass is 510 g/mol. The first-order valence-corrected chi connectivity index (χ1v) is 12.5. The minimum atomic E-state index is -1.22. The fourth-order valence-corrected chi connectivity index (χ4v) is 4.85. The number of rotatable bonds is 8. The topological polar surface area (TPSA) is 96.1 Å². The zero-order valence-electron chi connectivity index (χ0n) is 21.2. The number of amides is 2. The highest BCUT2D eigenvalue weighted by molar-refractivity contribution is 5.98. The molecule has 196 valence electrons. The van der Waals surface area contributed by atoms with Crippen LogP contribution in [0.4, 0.5) is 14.6 Å². The van der Waals surface area contributed by atoms with E-state index >= 15 is 0 Å². The lowest BCUT2D eigenvalue weighted by molar-refractivity contribution is -0.130. The molecule has 1 fully saturated rings. The lowest BCUT2D eigenvalue weighted by atomic mass is 9.72. The Morgan fingerprint density at radius 1 is 1.11 bits per heavy atom. The zero-order valence-corrected chi connectivity index (χ0v) is 21.2. The summed E-state index contributed by atoms with van der Waals surface area (Å²) < 4.78 is 33.2. The average Bonchev–Trinajstić information content (AvgIpc) is 3.37. The van der Waals surface area contributed by atoms with Crippen molar-refractivity contribution in [2.75, 3.05) is 18.5 Å². The van der Waals surface area contributed by atoms with Gasteiger partial charge in [-0.15, -0.1) is 0 Å². The third kappa shape index (κ3) is 5.41. The molecule has 2 amide bonds. The molecule has 4 rings (SSSR count). The second-order valence-electron chi connectivity index (χ2n) is 9.76. The molecule has 37 heavy (non-hydrogen) atoms. The van der Waals surface area contributed by atoms with E-state index in [1.165, 1.54) is 0 Å². The van der Waals surface area contributed by atoms with Gasteiger partial charge in [0.25, 0.3) is 0 Å². The summed E-state index contributed by atoms with van der Waals surface area (Å²) in [6, 6.07) is 14.1.